The zero-order valence-electron chi connectivity index (χ0n) is 9.55. The first kappa shape index (κ1) is 13.9. The maximum Gasteiger partial charge on any atom is 0.130 e. The molecule has 0 aliphatic rings. The Morgan fingerprint density at radius 2 is 1.72 bits per heavy atom. The van der Waals surface area contributed by atoms with E-state index in [0.717, 1.165) is 15.2 Å². The molecule has 1 unspecified atom stereocenters. The lowest BCUT2D eigenvalue weighted by Gasteiger charge is -2.14. The van der Waals surface area contributed by atoms with Crippen LogP contribution in [-0.4, -0.2) is 0 Å². The van der Waals surface area contributed by atoms with E-state index in [1.165, 1.54) is 0 Å². The Balaban J connectivity index is 2.50. The molecule has 0 aromatic heterocycles. The molecule has 0 heterocycles. The van der Waals surface area contributed by atoms with Gasteiger partial charge in [-0.1, -0.05) is 34.1 Å². The number of aryl methyl sites for hydroxylation is 1. The van der Waals surface area contributed by atoms with E-state index in [1.807, 2.05) is 24.3 Å². The lowest BCUT2D eigenvalue weighted by molar-refractivity contribution is 0.569. The van der Waals surface area contributed by atoms with E-state index in [0.29, 0.717) is 11.1 Å². The van der Waals surface area contributed by atoms with Crippen LogP contribution in [0.4, 0.5) is 8.78 Å². The zero-order valence-corrected chi connectivity index (χ0v) is 13.3. The molecule has 2 aromatic carbocycles. The maximum absolute atomic E-state index is 13.8. The van der Waals surface area contributed by atoms with E-state index in [2.05, 4.69) is 38.5 Å². The van der Waals surface area contributed by atoms with Crippen LogP contribution in [0.3, 0.4) is 0 Å². The average molecular weight is 423 g/mol. The van der Waals surface area contributed by atoms with Gasteiger partial charge in [-0.15, -0.1) is 0 Å². The fourth-order valence-electron chi connectivity index (χ4n) is 1.72. The van der Waals surface area contributed by atoms with Crippen LogP contribution in [0.2, 0.25) is 0 Å². The Morgan fingerprint density at radius 3 is 2.39 bits per heavy atom. The first-order chi connectivity index (χ1) is 8.50. The summed E-state index contributed by atoms with van der Waals surface area (Å²) in [7, 11) is 0. The molecule has 2 aromatic rings. The van der Waals surface area contributed by atoms with Gasteiger partial charge in [-0.05, 0) is 52.8 Å². The monoisotopic (exact) mass is 422 g/mol. The van der Waals surface area contributed by atoms with Crippen LogP contribution in [0, 0.1) is 22.1 Å². The summed E-state index contributed by atoms with van der Waals surface area (Å²) < 4.78 is 28.1. The van der Waals surface area contributed by atoms with Gasteiger partial charge in [0, 0.05) is 15.2 Å². The van der Waals surface area contributed by atoms with Gasteiger partial charge < -0.3 is 0 Å². The van der Waals surface area contributed by atoms with E-state index in [-0.39, 0.29) is 4.83 Å². The molecule has 0 fully saturated rings. The minimum absolute atomic E-state index is 0.273. The van der Waals surface area contributed by atoms with Gasteiger partial charge in [-0.2, -0.15) is 0 Å². The second kappa shape index (κ2) is 5.65. The van der Waals surface area contributed by atoms with Crippen molar-refractivity contribution >= 4 is 38.5 Å². The Morgan fingerprint density at radius 1 is 1.06 bits per heavy atom. The molecule has 0 N–H and O–H groups in total. The highest BCUT2D eigenvalue weighted by Gasteiger charge is 2.18. The van der Waals surface area contributed by atoms with Crippen molar-refractivity contribution in [2.75, 3.05) is 0 Å². The van der Waals surface area contributed by atoms with Gasteiger partial charge >= 0.3 is 0 Å². The van der Waals surface area contributed by atoms with Crippen LogP contribution >= 0.6 is 38.5 Å². The number of rotatable bonds is 2. The van der Waals surface area contributed by atoms with E-state index >= 15 is 0 Å². The summed E-state index contributed by atoms with van der Waals surface area (Å²) in [4.78, 5) is -0.273. The van der Waals surface area contributed by atoms with Crippen molar-refractivity contribution < 1.29 is 8.78 Å². The number of benzene rings is 2. The van der Waals surface area contributed by atoms with Crippen molar-refractivity contribution in [2.45, 2.75) is 11.8 Å². The van der Waals surface area contributed by atoms with Crippen molar-refractivity contribution in [3.05, 3.63) is 68.3 Å². The van der Waals surface area contributed by atoms with Crippen LogP contribution in [0.1, 0.15) is 21.5 Å². The fourth-order valence-corrected chi connectivity index (χ4v) is 3.60. The molecule has 0 bridgehead atoms. The summed E-state index contributed by atoms with van der Waals surface area (Å²) in [5.74, 6) is -1.04. The molecule has 1 atom stereocenters. The molecule has 0 nitrogen and oxygen atoms in total. The molecule has 4 heteroatoms. The third kappa shape index (κ3) is 2.74. The molecule has 0 saturated carbocycles. The van der Waals surface area contributed by atoms with Crippen molar-refractivity contribution in [2.24, 2.45) is 0 Å². The van der Waals surface area contributed by atoms with Crippen molar-refractivity contribution in [3.8, 4) is 0 Å². The van der Waals surface area contributed by atoms with E-state index < -0.39 is 11.6 Å². The highest BCUT2D eigenvalue weighted by atomic mass is 127. The minimum atomic E-state index is -0.528. The molecule has 0 spiro atoms. The SMILES string of the molecule is Cc1cc(C(Br)c2ccccc2I)c(F)cc1F. The first-order valence-electron chi connectivity index (χ1n) is 5.34. The summed E-state index contributed by atoms with van der Waals surface area (Å²) >= 11 is 5.69. The molecular weight excluding hydrogens is 413 g/mol. The molecule has 0 amide bonds. The smallest absolute Gasteiger partial charge is 0.130 e. The normalized spacial score (nSPS) is 12.5. The van der Waals surface area contributed by atoms with Gasteiger partial charge in [0.15, 0.2) is 0 Å². The fraction of sp³-hybridized carbons (Fsp3) is 0.143. The van der Waals surface area contributed by atoms with E-state index in [1.54, 1.807) is 13.0 Å². The van der Waals surface area contributed by atoms with E-state index in [4.69, 9.17) is 0 Å². The molecular formula is C14H10BrF2I. The van der Waals surface area contributed by atoms with Crippen LogP contribution < -0.4 is 0 Å². The van der Waals surface area contributed by atoms with Gasteiger partial charge in [0.05, 0.1) is 4.83 Å². The lowest BCUT2D eigenvalue weighted by Crippen LogP contribution is -2.01. The molecule has 94 valence electrons. The highest BCUT2D eigenvalue weighted by molar-refractivity contribution is 14.1. The molecule has 2 rings (SSSR count). The Bertz CT molecular complexity index is 584. The number of halogens is 4. The summed E-state index contributed by atoms with van der Waals surface area (Å²) in [6.45, 7) is 1.63. The molecule has 0 aliphatic heterocycles. The van der Waals surface area contributed by atoms with Crippen LogP contribution in [0.15, 0.2) is 36.4 Å². The quantitative estimate of drug-likeness (QED) is 0.451. The van der Waals surface area contributed by atoms with Gasteiger partial charge in [-0.25, -0.2) is 8.78 Å². The average Bonchev–Trinajstić information content (AvgIpc) is 2.33. The topological polar surface area (TPSA) is 0 Å². The highest BCUT2D eigenvalue weighted by Crippen LogP contribution is 2.35. The van der Waals surface area contributed by atoms with Crippen LogP contribution in [0.25, 0.3) is 0 Å². The third-order valence-electron chi connectivity index (χ3n) is 2.73. The van der Waals surface area contributed by atoms with Crippen molar-refractivity contribution in [3.63, 3.8) is 0 Å². The Kier molecular flexibility index (Phi) is 4.37. The van der Waals surface area contributed by atoms with Crippen LogP contribution in [-0.2, 0) is 0 Å². The summed E-state index contributed by atoms with van der Waals surface area (Å²) in [5.41, 5.74) is 1.88. The molecule has 0 radical (unpaired) electrons. The zero-order chi connectivity index (χ0) is 13.3. The number of alkyl halides is 1. The van der Waals surface area contributed by atoms with Gasteiger partial charge in [0.1, 0.15) is 11.6 Å². The van der Waals surface area contributed by atoms with Gasteiger partial charge in [-0.3, -0.25) is 0 Å². The van der Waals surface area contributed by atoms with E-state index in [9.17, 15) is 8.78 Å². The molecule has 0 saturated heterocycles. The largest absolute Gasteiger partial charge is 0.207 e. The standard InChI is InChI=1S/C14H10BrF2I/c1-8-6-10(12(17)7-11(8)16)14(15)9-4-2-3-5-13(9)18/h2-7,14H,1H3. The summed E-state index contributed by atoms with van der Waals surface area (Å²) in [6, 6.07) is 10.2. The molecule has 0 aliphatic carbocycles. The summed E-state index contributed by atoms with van der Waals surface area (Å²) in [5, 5.41) is 0. The minimum Gasteiger partial charge on any atom is -0.207 e. The predicted octanol–water partition coefficient (Wildman–Crippen LogP) is 5.36. The molecule has 18 heavy (non-hydrogen) atoms. The predicted molar refractivity (Wildman–Crippen MR) is 81.0 cm³/mol. The van der Waals surface area contributed by atoms with Crippen molar-refractivity contribution in [1.82, 2.24) is 0 Å². The van der Waals surface area contributed by atoms with Gasteiger partial charge in [0.2, 0.25) is 0 Å². The second-order valence-electron chi connectivity index (χ2n) is 4.01. The van der Waals surface area contributed by atoms with Gasteiger partial charge in [0.25, 0.3) is 0 Å². The Hall–Kier alpha value is -0.490. The summed E-state index contributed by atoms with van der Waals surface area (Å²) in [6.07, 6.45) is 0. The third-order valence-corrected chi connectivity index (χ3v) is 4.70. The van der Waals surface area contributed by atoms with Crippen LogP contribution in [0.5, 0.6) is 0 Å². The Labute approximate surface area is 127 Å². The van der Waals surface area contributed by atoms with Crippen molar-refractivity contribution in [1.29, 1.82) is 0 Å². The number of hydrogen-bond donors (Lipinski definition) is 0. The number of hydrogen-bond acceptors (Lipinski definition) is 0. The second-order valence-corrected chi connectivity index (χ2v) is 6.08. The lowest BCUT2D eigenvalue weighted by atomic mass is 10.0. The maximum atomic E-state index is 13.8. The first-order valence-corrected chi connectivity index (χ1v) is 7.34.